The number of rotatable bonds is 11. The second kappa shape index (κ2) is 12.3. The maximum Gasteiger partial charge on any atom is 0.249 e. The van der Waals surface area contributed by atoms with Gasteiger partial charge in [-0.1, -0.05) is 50.5 Å². The van der Waals surface area contributed by atoms with Gasteiger partial charge in [-0.25, -0.2) is 0 Å². The third kappa shape index (κ3) is 6.15. The van der Waals surface area contributed by atoms with Gasteiger partial charge in [-0.05, 0) is 35.2 Å². The van der Waals surface area contributed by atoms with Crippen LogP contribution in [-0.2, 0) is 16.0 Å². The summed E-state index contributed by atoms with van der Waals surface area (Å²) < 4.78 is 16.4. The Labute approximate surface area is 208 Å². The molecular weight excluding hydrogens is 444 g/mol. The second-order valence-electron chi connectivity index (χ2n) is 8.69. The summed E-state index contributed by atoms with van der Waals surface area (Å²) in [5, 5.41) is 0. The molecule has 0 N–H and O–H groups in total. The lowest BCUT2D eigenvalue weighted by Gasteiger charge is -2.28. The van der Waals surface area contributed by atoms with Crippen LogP contribution in [0.2, 0.25) is 0 Å². The molecule has 2 aromatic carbocycles. The van der Waals surface area contributed by atoms with Crippen LogP contribution in [-0.4, -0.2) is 62.6 Å². The van der Waals surface area contributed by atoms with Crippen LogP contribution >= 0.6 is 0 Å². The highest BCUT2D eigenvalue weighted by Crippen LogP contribution is 2.41. The molecule has 1 aliphatic rings. The first kappa shape index (κ1) is 26.1. The Kier molecular flexibility index (Phi) is 9.18. The lowest BCUT2D eigenvalue weighted by molar-refractivity contribution is -0.139. The topological polar surface area (TPSA) is 68.3 Å². The number of nitrogens with zero attached hydrogens (tertiary/aromatic N) is 2. The number of likely N-dealkylation sites (N-methyl/N-ethyl adjacent to an activating group) is 1. The quantitative estimate of drug-likeness (QED) is 0.437. The highest BCUT2D eigenvalue weighted by Gasteiger charge is 2.31. The summed E-state index contributed by atoms with van der Waals surface area (Å²) in [7, 11) is 6.45. The molecular formula is C28H36N2O5. The van der Waals surface area contributed by atoms with E-state index in [0.717, 1.165) is 42.4 Å². The van der Waals surface area contributed by atoms with Crippen LogP contribution in [0.25, 0.3) is 11.1 Å². The van der Waals surface area contributed by atoms with E-state index in [0.29, 0.717) is 30.2 Å². The van der Waals surface area contributed by atoms with Gasteiger partial charge >= 0.3 is 0 Å². The molecule has 35 heavy (non-hydrogen) atoms. The van der Waals surface area contributed by atoms with Crippen LogP contribution < -0.4 is 14.2 Å². The van der Waals surface area contributed by atoms with Crippen molar-refractivity contribution in [3.8, 4) is 28.4 Å². The number of amides is 2. The average Bonchev–Trinajstić information content (AvgIpc) is 2.98. The SMILES string of the molecule is CCCCCCN1C=CC(=O)N(C)[C@@H](Cc2ccc(-c3cc(OC)c(OC)c(OC)c3)cc2)C1=O. The number of carbonyl (C=O) groups excluding carboxylic acids is 2. The minimum atomic E-state index is -0.546. The summed E-state index contributed by atoms with van der Waals surface area (Å²) in [6, 6.07) is 11.2. The molecule has 1 atom stereocenters. The first-order valence-corrected chi connectivity index (χ1v) is 12.1. The summed E-state index contributed by atoms with van der Waals surface area (Å²) in [5.74, 6) is 1.51. The van der Waals surface area contributed by atoms with Gasteiger partial charge in [0.25, 0.3) is 0 Å². The number of hydrogen-bond acceptors (Lipinski definition) is 5. The third-order valence-electron chi connectivity index (χ3n) is 6.41. The molecule has 3 rings (SSSR count). The van der Waals surface area contributed by atoms with E-state index in [4.69, 9.17) is 14.2 Å². The molecule has 0 unspecified atom stereocenters. The molecule has 0 bridgehead atoms. The Morgan fingerprint density at radius 1 is 0.857 bits per heavy atom. The molecule has 0 aliphatic carbocycles. The Morgan fingerprint density at radius 3 is 2.09 bits per heavy atom. The van der Waals surface area contributed by atoms with Crippen molar-refractivity contribution >= 4 is 11.8 Å². The zero-order chi connectivity index (χ0) is 25.4. The van der Waals surface area contributed by atoms with Crippen molar-refractivity contribution in [3.05, 3.63) is 54.2 Å². The molecule has 188 valence electrons. The van der Waals surface area contributed by atoms with Crippen LogP contribution in [0.15, 0.2) is 48.7 Å². The van der Waals surface area contributed by atoms with E-state index >= 15 is 0 Å². The number of carbonyl (C=O) groups is 2. The van der Waals surface area contributed by atoms with Gasteiger partial charge in [0, 0.05) is 32.3 Å². The van der Waals surface area contributed by atoms with Crippen molar-refractivity contribution < 1.29 is 23.8 Å². The highest BCUT2D eigenvalue weighted by atomic mass is 16.5. The van der Waals surface area contributed by atoms with E-state index < -0.39 is 6.04 Å². The van der Waals surface area contributed by atoms with E-state index in [1.165, 1.54) is 11.0 Å². The van der Waals surface area contributed by atoms with Gasteiger partial charge in [-0.3, -0.25) is 9.59 Å². The predicted molar refractivity (Wildman–Crippen MR) is 137 cm³/mol. The van der Waals surface area contributed by atoms with Crippen molar-refractivity contribution in [3.63, 3.8) is 0 Å². The largest absolute Gasteiger partial charge is 0.493 e. The molecule has 0 fully saturated rings. The Bertz CT molecular complexity index is 1020. The average molecular weight is 481 g/mol. The summed E-state index contributed by atoms with van der Waals surface area (Å²) >= 11 is 0. The number of ether oxygens (including phenoxy) is 3. The lowest BCUT2D eigenvalue weighted by Crippen LogP contribution is -2.46. The molecule has 7 heteroatoms. The fourth-order valence-electron chi connectivity index (χ4n) is 4.28. The molecule has 1 aliphatic heterocycles. The third-order valence-corrected chi connectivity index (χ3v) is 6.41. The van der Waals surface area contributed by atoms with Crippen LogP contribution in [0.3, 0.4) is 0 Å². The molecule has 0 saturated carbocycles. The Hall–Kier alpha value is -3.48. The van der Waals surface area contributed by atoms with Gasteiger partial charge in [-0.15, -0.1) is 0 Å². The highest BCUT2D eigenvalue weighted by molar-refractivity contribution is 5.95. The van der Waals surface area contributed by atoms with Gasteiger partial charge in [0.05, 0.1) is 21.3 Å². The number of hydrogen-bond donors (Lipinski definition) is 0. The van der Waals surface area contributed by atoms with E-state index in [1.807, 2.05) is 36.4 Å². The normalized spacial score (nSPS) is 15.9. The van der Waals surface area contributed by atoms with E-state index in [2.05, 4.69) is 6.92 Å². The van der Waals surface area contributed by atoms with Crippen molar-refractivity contribution in [2.24, 2.45) is 0 Å². The molecule has 0 radical (unpaired) electrons. The molecule has 2 amide bonds. The van der Waals surface area contributed by atoms with Gasteiger partial charge in [0.1, 0.15) is 6.04 Å². The Balaban J connectivity index is 1.79. The fourth-order valence-corrected chi connectivity index (χ4v) is 4.28. The molecule has 1 heterocycles. The predicted octanol–water partition coefficient (Wildman–Crippen LogP) is 4.69. The zero-order valence-electron chi connectivity index (χ0n) is 21.4. The van der Waals surface area contributed by atoms with Crippen molar-refractivity contribution in [1.29, 1.82) is 0 Å². The van der Waals surface area contributed by atoms with Gasteiger partial charge in [0.15, 0.2) is 11.5 Å². The van der Waals surface area contributed by atoms with Crippen LogP contribution in [0.5, 0.6) is 17.2 Å². The molecule has 2 aromatic rings. The second-order valence-corrected chi connectivity index (χ2v) is 8.69. The standard InChI is InChI=1S/C28H36N2O5/c1-6-7-8-9-15-30-16-14-26(31)29(2)23(28(30)32)17-20-10-12-21(13-11-20)22-18-24(33-3)27(35-5)25(19-22)34-4/h10-14,16,18-19,23H,6-9,15,17H2,1-5H3/t23-/m0/s1. The summed E-state index contributed by atoms with van der Waals surface area (Å²) in [5.41, 5.74) is 2.88. The Morgan fingerprint density at radius 2 is 1.51 bits per heavy atom. The van der Waals surface area contributed by atoms with Gasteiger partial charge < -0.3 is 24.0 Å². The minimum absolute atomic E-state index is 0.0418. The minimum Gasteiger partial charge on any atom is -0.493 e. The zero-order valence-corrected chi connectivity index (χ0v) is 21.4. The van der Waals surface area contributed by atoms with E-state index in [1.54, 1.807) is 39.5 Å². The van der Waals surface area contributed by atoms with E-state index in [9.17, 15) is 9.59 Å². The number of methoxy groups -OCH3 is 3. The van der Waals surface area contributed by atoms with E-state index in [-0.39, 0.29) is 11.8 Å². The smallest absolute Gasteiger partial charge is 0.249 e. The van der Waals surface area contributed by atoms with Crippen molar-refractivity contribution in [1.82, 2.24) is 9.80 Å². The molecule has 0 aromatic heterocycles. The summed E-state index contributed by atoms with van der Waals surface area (Å²) in [6.07, 6.45) is 7.87. The first-order chi connectivity index (χ1) is 16.9. The molecule has 0 spiro atoms. The summed E-state index contributed by atoms with van der Waals surface area (Å²) in [6.45, 7) is 2.79. The molecule has 7 nitrogen and oxygen atoms in total. The van der Waals surface area contributed by atoms with Crippen molar-refractivity contribution in [2.45, 2.75) is 45.1 Å². The monoisotopic (exact) mass is 480 g/mol. The maximum absolute atomic E-state index is 13.3. The lowest BCUT2D eigenvalue weighted by atomic mass is 9.99. The van der Waals surface area contributed by atoms with Crippen LogP contribution in [0, 0.1) is 0 Å². The number of unbranched alkanes of at least 4 members (excludes halogenated alkanes) is 3. The first-order valence-electron chi connectivity index (χ1n) is 12.1. The molecule has 0 saturated heterocycles. The van der Waals surface area contributed by atoms with Gasteiger partial charge in [0.2, 0.25) is 17.6 Å². The summed E-state index contributed by atoms with van der Waals surface area (Å²) in [4.78, 5) is 29.1. The van der Waals surface area contributed by atoms with Crippen LogP contribution in [0.4, 0.5) is 0 Å². The van der Waals surface area contributed by atoms with Crippen molar-refractivity contribution in [2.75, 3.05) is 34.9 Å². The fraction of sp³-hybridized carbons (Fsp3) is 0.429. The number of benzene rings is 2. The van der Waals surface area contributed by atoms with Crippen LogP contribution in [0.1, 0.15) is 38.2 Å². The maximum atomic E-state index is 13.3. The van der Waals surface area contributed by atoms with Gasteiger partial charge in [-0.2, -0.15) is 0 Å².